The van der Waals surface area contributed by atoms with Crippen molar-refractivity contribution in [3.05, 3.63) is 48.4 Å². The van der Waals surface area contributed by atoms with Crippen molar-refractivity contribution in [1.82, 2.24) is 35.1 Å². The van der Waals surface area contributed by atoms with E-state index in [0.717, 1.165) is 66.7 Å². The van der Waals surface area contributed by atoms with Crippen LogP contribution in [0.3, 0.4) is 0 Å². The molecule has 3 aromatic heterocycles. The van der Waals surface area contributed by atoms with Crippen LogP contribution in [0.1, 0.15) is 5.56 Å². The molecule has 1 aliphatic heterocycles. The molecule has 0 spiro atoms. The lowest BCUT2D eigenvalue weighted by molar-refractivity contribution is 0.233. The maximum atomic E-state index is 5.63. The van der Waals surface area contributed by atoms with Crippen molar-refractivity contribution in [1.29, 1.82) is 0 Å². The topological polar surface area (TPSA) is 107 Å². The second-order valence-electron chi connectivity index (χ2n) is 8.49. The molecule has 4 aromatic rings. The summed E-state index contributed by atoms with van der Waals surface area (Å²) in [5, 5.41) is 6.70. The van der Waals surface area contributed by atoms with Crippen LogP contribution < -0.4 is 20.3 Å². The van der Waals surface area contributed by atoms with Gasteiger partial charge in [0.25, 0.3) is 0 Å². The van der Waals surface area contributed by atoms with Crippen LogP contribution >= 0.6 is 0 Å². The summed E-state index contributed by atoms with van der Waals surface area (Å²) in [6.45, 7) is 5.11. The zero-order chi connectivity index (χ0) is 23.5. The largest absolute Gasteiger partial charge is 0.491 e. The first-order chi connectivity index (χ1) is 16.6. The number of piperazine rings is 1. The predicted molar refractivity (Wildman–Crippen MR) is 134 cm³/mol. The minimum atomic E-state index is 0.634. The molecule has 5 rings (SSSR count). The molecular weight excluding hydrogens is 430 g/mol. The highest BCUT2D eigenvalue weighted by molar-refractivity contribution is 5.85. The number of imidazole rings is 1. The van der Waals surface area contributed by atoms with Gasteiger partial charge in [-0.15, -0.1) is 0 Å². The molecule has 0 aliphatic carbocycles. The molecule has 1 aromatic carbocycles. The van der Waals surface area contributed by atoms with Gasteiger partial charge < -0.3 is 25.3 Å². The van der Waals surface area contributed by atoms with E-state index in [0.29, 0.717) is 11.7 Å². The minimum Gasteiger partial charge on any atom is -0.491 e. The number of H-pyrrole nitrogens is 1. The number of hydrogen-bond acceptors (Lipinski definition) is 9. The first-order valence-corrected chi connectivity index (χ1v) is 11.3. The van der Waals surface area contributed by atoms with Gasteiger partial charge in [0.15, 0.2) is 11.6 Å². The fraction of sp³-hybridized carbons (Fsp3) is 0.333. The molecule has 1 saturated heterocycles. The molecule has 4 heterocycles. The number of aromatic nitrogens is 5. The molecule has 0 atom stereocenters. The molecule has 0 bridgehead atoms. The van der Waals surface area contributed by atoms with Crippen LogP contribution in [0.2, 0.25) is 0 Å². The van der Waals surface area contributed by atoms with Gasteiger partial charge in [-0.05, 0) is 29.8 Å². The van der Waals surface area contributed by atoms with Gasteiger partial charge in [-0.3, -0.25) is 4.90 Å². The molecule has 10 nitrogen and oxygen atoms in total. The summed E-state index contributed by atoms with van der Waals surface area (Å²) in [5.41, 5.74) is 4.62. The van der Waals surface area contributed by atoms with E-state index in [-0.39, 0.29) is 0 Å². The second-order valence-corrected chi connectivity index (χ2v) is 8.49. The molecule has 3 N–H and O–H groups in total. The van der Waals surface area contributed by atoms with Crippen LogP contribution in [-0.4, -0.2) is 77.2 Å². The normalized spacial score (nSPS) is 14.3. The summed E-state index contributed by atoms with van der Waals surface area (Å²) >= 11 is 0. The molecule has 1 aliphatic rings. The number of rotatable bonds is 7. The molecule has 0 saturated carbocycles. The highest BCUT2D eigenvalue weighted by atomic mass is 16.5. The molecular formula is C24H29N9O. The maximum absolute atomic E-state index is 5.63. The summed E-state index contributed by atoms with van der Waals surface area (Å²) in [7, 11) is 5.49. The number of ether oxygens (including phenoxy) is 1. The van der Waals surface area contributed by atoms with Crippen LogP contribution in [-0.2, 0) is 6.54 Å². The van der Waals surface area contributed by atoms with Gasteiger partial charge in [0.1, 0.15) is 17.8 Å². The van der Waals surface area contributed by atoms with Crippen LogP contribution in [0.5, 0.6) is 5.75 Å². The Morgan fingerprint density at radius 1 is 1.09 bits per heavy atom. The number of methoxy groups -OCH3 is 1. The SMILES string of the molecule is COc1c(-c2ccc3nc(Nc4cc(CN5CCNCC5)ccn4)[nH]c3c2)ncnc1N(C)C. The molecule has 1 fully saturated rings. The van der Waals surface area contributed by atoms with E-state index in [2.05, 4.69) is 52.6 Å². The molecule has 34 heavy (non-hydrogen) atoms. The van der Waals surface area contributed by atoms with Gasteiger partial charge >= 0.3 is 0 Å². The van der Waals surface area contributed by atoms with E-state index in [1.165, 1.54) is 5.56 Å². The quantitative estimate of drug-likeness (QED) is 0.384. The van der Waals surface area contributed by atoms with Crippen molar-refractivity contribution >= 4 is 28.6 Å². The van der Waals surface area contributed by atoms with E-state index < -0.39 is 0 Å². The van der Waals surface area contributed by atoms with E-state index in [1.807, 2.05) is 43.4 Å². The zero-order valence-electron chi connectivity index (χ0n) is 19.7. The first-order valence-electron chi connectivity index (χ1n) is 11.3. The lowest BCUT2D eigenvalue weighted by Crippen LogP contribution is -2.42. The number of aromatic amines is 1. The molecule has 176 valence electrons. The fourth-order valence-corrected chi connectivity index (χ4v) is 4.18. The molecule has 10 heteroatoms. The zero-order valence-corrected chi connectivity index (χ0v) is 19.7. The lowest BCUT2D eigenvalue weighted by Gasteiger charge is -2.27. The first kappa shape index (κ1) is 22.1. The van der Waals surface area contributed by atoms with Crippen LogP contribution in [0.4, 0.5) is 17.6 Å². The van der Waals surface area contributed by atoms with E-state index in [4.69, 9.17) is 4.74 Å². The summed E-state index contributed by atoms with van der Waals surface area (Å²) < 4.78 is 5.63. The van der Waals surface area contributed by atoms with E-state index in [1.54, 1.807) is 13.4 Å². The van der Waals surface area contributed by atoms with Crippen LogP contribution in [0, 0.1) is 0 Å². The number of hydrogen-bond donors (Lipinski definition) is 3. The highest BCUT2D eigenvalue weighted by Gasteiger charge is 2.16. The fourth-order valence-electron chi connectivity index (χ4n) is 4.18. The summed E-state index contributed by atoms with van der Waals surface area (Å²) in [4.78, 5) is 25.7. The summed E-state index contributed by atoms with van der Waals surface area (Å²) in [6, 6.07) is 10.1. The Labute approximate surface area is 198 Å². The minimum absolute atomic E-state index is 0.634. The average molecular weight is 460 g/mol. The summed E-state index contributed by atoms with van der Waals surface area (Å²) in [5.74, 6) is 2.77. The van der Waals surface area contributed by atoms with Crippen molar-refractivity contribution < 1.29 is 4.74 Å². The average Bonchev–Trinajstić information content (AvgIpc) is 3.25. The van der Waals surface area contributed by atoms with Crippen molar-refractivity contribution in [3.63, 3.8) is 0 Å². The van der Waals surface area contributed by atoms with Gasteiger partial charge in [-0.25, -0.2) is 19.9 Å². The number of pyridine rings is 1. The third kappa shape index (κ3) is 4.63. The van der Waals surface area contributed by atoms with Gasteiger partial charge in [0.2, 0.25) is 5.95 Å². The Bertz CT molecular complexity index is 1280. The lowest BCUT2D eigenvalue weighted by atomic mass is 10.1. The molecule has 0 amide bonds. The Morgan fingerprint density at radius 3 is 2.74 bits per heavy atom. The summed E-state index contributed by atoms with van der Waals surface area (Å²) in [6.07, 6.45) is 3.39. The predicted octanol–water partition coefficient (Wildman–Crippen LogP) is 2.64. The second kappa shape index (κ2) is 9.62. The maximum Gasteiger partial charge on any atom is 0.206 e. The standard InChI is InChI=1S/C24H29N9O/c1-32(2)23-22(34-3)21(27-15-28-23)17-4-5-18-19(13-17)30-24(29-18)31-20-12-16(6-7-26-20)14-33-10-8-25-9-11-33/h4-7,12-13,15,25H,8-11,14H2,1-3H3,(H2,26,29,30,31). The van der Waals surface area contributed by atoms with Crippen molar-refractivity contribution in [2.45, 2.75) is 6.54 Å². The smallest absolute Gasteiger partial charge is 0.206 e. The highest BCUT2D eigenvalue weighted by Crippen LogP contribution is 2.35. The molecule has 0 radical (unpaired) electrons. The number of anilines is 3. The monoisotopic (exact) mass is 459 g/mol. The van der Waals surface area contributed by atoms with Gasteiger partial charge in [0, 0.05) is 58.6 Å². The van der Waals surface area contributed by atoms with Crippen molar-refractivity contribution in [2.24, 2.45) is 0 Å². The van der Waals surface area contributed by atoms with Gasteiger partial charge in [-0.1, -0.05) is 6.07 Å². The van der Waals surface area contributed by atoms with Crippen LogP contribution in [0.15, 0.2) is 42.9 Å². The Balaban J connectivity index is 1.38. The Hall–Kier alpha value is -3.76. The van der Waals surface area contributed by atoms with Crippen LogP contribution in [0.25, 0.3) is 22.3 Å². The van der Waals surface area contributed by atoms with Crippen molar-refractivity contribution in [3.8, 4) is 17.0 Å². The third-order valence-corrected chi connectivity index (χ3v) is 5.85. The molecule has 0 unspecified atom stereocenters. The third-order valence-electron chi connectivity index (χ3n) is 5.85. The van der Waals surface area contributed by atoms with Crippen molar-refractivity contribution in [2.75, 3.05) is 57.6 Å². The van der Waals surface area contributed by atoms with E-state index in [9.17, 15) is 0 Å². The van der Waals surface area contributed by atoms with Gasteiger partial charge in [0.05, 0.1) is 18.1 Å². The Kier molecular flexibility index (Phi) is 6.24. The van der Waals surface area contributed by atoms with E-state index >= 15 is 0 Å². The number of benzene rings is 1. The number of nitrogens with one attached hydrogen (secondary N) is 3. The number of fused-ring (bicyclic) bond motifs is 1. The number of nitrogens with zero attached hydrogens (tertiary/aromatic N) is 6. The van der Waals surface area contributed by atoms with Gasteiger partial charge in [-0.2, -0.15) is 0 Å². The Morgan fingerprint density at radius 2 is 1.94 bits per heavy atom.